The Morgan fingerprint density at radius 3 is 2.07 bits per heavy atom. The van der Waals surface area contributed by atoms with Crippen LogP contribution in [0, 0.1) is 0 Å². The molecule has 0 N–H and O–H groups in total. The van der Waals surface area contributed by atoms with Crippen LogP contribution in [0.4, 0.5) is 5.69 Å². The lowest BCUT2D eigenvalue weighted by molar-refractivity contribution is 0.0472. The van der Waals surface area contributed by atoms with Crippen LogP contribution < -0.4 is 4.90 Å². The van der Waals surface area contributed by atoms with Gasteiger partial charge in [-0.1, -0.05) is 41.9 Å². The molecule has 0 aliphatic heterocycles. The molecular formula is C23H18ClNO4. The molecule has 3 rings (SSSR count). The molecule has 0 atom stereocenters. The summed E-state index contributed by atoms with van der Waals surface area (Å²) in [5.74, 6) is -1.45. The molecule has 0 aliphatic rings. The summed E-state index contributed by atoms with van der Waals surface area (Å²) in [6, 6.07) is 21.7. The van der Waals surface area contributed by atoms with E-state index in [0.717, 1.165) is 0 Å². The third kappa shape index (κ3) is 4.89. The largest absolute Gasteiger partial charge is 0.454 e. The average Bonchev–Trinajstić information content (AvgIpc) is 2.77. The summed E-state index contributed by atoms with van der Waals surface area (Å²) in [4.78, 5) is 39.1. The van der Waals surface area contributed by atoms with Gasteiger partial charge in [0.2, 0.25) is 0 Å². The summed E-state index contributed by atoms with van der Waals surface area (Å²) in [6.45, 7) is -0.433. The first-order chi connectivity index (χ1) is 14.0. The Morgan fingerprint density at radius 1 is 0.828 bits per heavy atom. The number of amides is 1. The quantitative estimate of drug-likeness (QED) is 0.440. The number of hydrogen-bond donors (Lipinski definition) is 0. The molecule has 0 heterocycles. The van der Waals surface area contributed by atoms with Crippen molar-refractivity contribution in [3.8, 4) is 0 Å². The highest BCUT2D eigenvalue weighted by molar-refractivity contribution is 6.30. The standard InChI is InChI=1S/C23H18ClNO4/c1-25(18-7-3-2-4-8-18)22(27)19-9-5-6-10-20(19)23(28)29-15-21(26)16-11-13-17(24)14-12-16/h2-14H,15H2,1H3. The van der Waals surface area contributed by atoms with Gasteiger partial charge in [-0.15, -0.1) is 0 Å². The number of Topliss-reactive ketones (excluding diaryl/α,β-unsaturated/α-hetero) is 1. The van der Waals surface area contributed by atoms with Gasteiger partial charge in [0.05, 0.1) is 11.1 Å². The van der Waals surface area contributed by atoms with Crippen LogP contribution in [0.25, 0.3) is 0 Å². The van der Waals surface area contributed by atoms with Gasteiger partial charge in [-0.3, -0.25) is 9.59 Å². The monoisotopic (exact) mass is 407 g/mol. The lowest BCUT2D eigenvalue weighted by Crippen LogP contribution is -2.28. The lowest BCUT2D eigenvalue weighted by atomic mass is 10.1. The fraction of sp³-hybridized carbons (Fsp3) is 0.0870. The van der Waals surface area contributed by atoms with Crippen molar-refractivity contribution >= 4 is 34.9 Å². The number of esters is 1. The summed E-state index contributed by atoms with van der Waals surface area (Å²) in [5, 5.41) is 0.508. The van der Waals surface area contributed by atoms with Crippen LogP contribution in [-0.2, 0) is 4.74 Å². The van der Waals surface area contributed by atoms with Crippen LogP contribution in [-0.4, -0.2) is 31.3 Å². The number of para-hydroxylation sites is 1. The summed E-state index contributed by atoms with van der Waals surface area (Å²) in [7, 11) is 1.63. The third-order valence-corrected chi connectivity index (χ3v) is 4.58. The average molecular weight is 408 g/mol. The fourth-order valence-corrected chi connectivity index (χ4v) is 2.85. The van der Waals surface area contributed by atoms with Gasteiger partial charge < -0.3 is 9.64 Å². The van der Waals surface area contributed by atoms with E-state index in [9.17, 15) is 14.4 Å². The molecule has 0 aliphatic carbocycles. The molecule has 1 amide bonds. The number of anilines is 1. The van der Waals surface area contributed by atoms with Gasteiger partial charge >= 0.3 is 5.97 Å². The molecule has 0 saturated heterocycles. The SMILES string of the molecule is CN(C(=O)c1ccccc1C(=O)OCC(=O)c1ccc(Cl)cc1)c1ccccc1. The van der Waals surface area contributed by atoms with E-state index in [-0.39, 0.29) is 22.8 Å². The summed E-state index contributed by atoms with van der Waals surface area (Å²) in [5.41, 5.74) is 1.38. The van der Waals surface area contributed by atoms with E-state index in [1.165, 1.54) is 11.0 Å². The second-order valence-corrected chi connectivity index (χ2v) is 6.69. The molecule has 0 radical (unpaired) electrons. The van der Waals surface area contributed by atoms with Gasteiger partial charge in [0.1, 0.15) is 0 Å². The predicted octanol–water partition coefficient (Wildman–Crippen LogP) is 4.66. The van der Waals surface area contributed by atoms with Crippen molar-refractivity contribution < 1.29 is 19.1 Å². The molecule has 146 valence electrons. The molecule has 3 aromatic rings. The minimum atomic E-state index is -0.738. The van der Waals surface area contributed by atoms with Gasteiger partial charge in [-0.05, 0) is 48.5 Å². The van der Waals surface area contributed by atoms with E-state index in [1.807, 2.05) is 18.2 Å². The Labute approximate surface area is 173 Å². The summed E-state index contributed by atoms with van der Waals surface area (Å²) in [6.07, 6.45) is 0. The zero-order valence-corrected chi connectivity index (χ0v) is 16.4. The lowest BCUT2D eigenvalue weighted by Gasteiger charge is -2.18. The molecular weight excluding hydrogens is 390 g/mol. The Balaban J connectivity index is 1.74. The molecule has 29 heavy (non-hydrogen) atoms. The molecule has 0 fully saturated rings. The topological polar surface area (TPSA) is 63.7 Å². The van der Waals surface area contributed by atoms with Crippen LogP contribution in [0.2, 0.25) is 5.02 Å². The molecule has 3 aromatic carbocycles. The van der Waals surface area contributed by atoms with Crippen molar-refractivity contribution in [1.29, 1.82) is 0 Å². The van der Waals surface area contributed by atoms with Gasteiger partial charge in [0, 0.05) is 23.3 Å². The van der Waals surface area contributed by atoms with Crippen molar-refractivity contribution in [2.24, 2.45) is 0 Å². The number of carbonyl (C=O) groups is 3. The molecule has 0 bridgehead atoms. The smallest absolute Gasteiger partial charge is 0.339 e. The van der Waals surface area contributed by atoms with Crippen molar-refractivity contribution in [1.82, 2.24) is 0 Å². The number of hydrogen-bond acceptors (Lipinski definition) is 4. The summed E-state index contributed by atoms with van der Waals surface area (Å²) < 4.78 is 5.16. The maximum atomic E-state index is 12.9. The zero-order chi connectivity index (χ0) is 20.8. The van der Waals surface area contributed by atoms with Gasteiger partial charge in [0.25, 0.3) is 5.91 Å². The maximum absolute atomic E-state index is 12.9. The first-order valence-electron chi connectivity index (χ1n) is 8.85. The normalized spacial score (nSPS) is 10.3. The van der Waals surface area contributed by atoms with Crippen LogP contribution in [0.3, 0.4) is 0 Å². The number of nitrogens with zero attached hydrogens (tertiary/aromatic N) is 1. The highest BCUT2D eigenvalue weighted by Gasteiger charge is 2.22. The minimum absolute atomic E-state index is 0.101. The van der Waals surface area contributed by atoms with E-state index in [2.05, 4.69) is 0 Å². The number of ether oxygens (including phenoxy) is 1. The molecule has 5 nitrogen and oxygen atoms in total. The molecule has 0 spiro atoms. The first kappa shape index (κ1) is 20.3. The van der Waals surface area contributed by atoms with Crippen molar-refractivity contribution in [2.75, 3.05) is 18.6 Å². The van der Waals surface area contributed by atoms with Crippen molar-refractivity contribution in [3.63, 3.8) is 0 Å². The second kappa shape index (κ2) is 9.17. The number of carbonyl (C=O) groups excluding carboxylic acids is 3. The van der Waals surface area contributed by atoms with Gasteiger partial charge in [-0.25, -0.2) is 4.79 Å². The van der Waals surface area contributed by atoms with Crippen molar-refractivity contribution in [3.05, 3.63) is 101 Å². The maximum Gasteiger partial charge on any atom is 0.339 e. The number of ketones is 1. The van der Waals surface area contributed by atoms with E-state index < -0.39 is 12.6 Å². The van der Waals surface area contributed by atoms with Gasteiger partial charge in [0.15, 0.2) is 12.4 Å². The van der Waals surface area contributed by atoms with Crippen molar-refractivity contribution in [2.45, 2.75) is 0 Å². The van der Waals surface area contributed by atoms with Crippen LogP contribution in [0.1, 0.15) is 31.1 Å². The van der Waals surface area contributed by atoms with E-state index in [0.29, 0.717) is 16.3 Å². The second-order valence-electron chi connectivity index (χ2n) is 6.25. The van der Waals surface area contributed by atoms with Crippen LogP contribution >= 0.6 is 11.6 Å². The number of benzene rings is 3. The molecule has 0 unspecified atom stereocenters. The van der Waals surface area contributed by atoms with E-state index >= 15 is 0 Å². The number of halogens is 1. The summed E-state index contributed by atoms with van der Waals surface area (Å²) >= 11 is 5.81. The molecule has 6 heteroatoms. The molecule has 0 aromatic heterocycles. The Morgan fingerprint density at radius 2 is 1.41 bits per heavy atom. The minimum Gasteiger partial charge on any atom is -0.454 e. The molecule has 0 saturated carbocycles. The van der Waals surface area contributed by atoms with E-state index in [4.69, 9.17) is 16.3 Å². The Bertz CT molecular complexity index is 1030. The third-order valence-electron chi connectivity index (χ3n) is 4.33. The fourth-order valence-electron chi connectivity index (χ4n) is 2.73. The van der Waals surface area contributed by atoms with Crippen LogP contribution in [0.15, 0.2) is 78.9 Å². The highest BCUT2D eigenvalue weighted by Crippen LogP contribution is 2.18. The predicted molar refractivity (Wildman–Crippen MR) is 112 cm³/mol. The van der Waals surface area contributed by atoms with Crippen LogP contribution in [0.5, 0.6) is 0 Å². The first-order valence-corrected chi connectivity index (χ1v) is 9.23. The Kier molecular flexibility index (Phi) is 6.42. The number of rotatable bonds is 6. The Hall–Kier alpha value is -3.44. The van der Waals surface area contributed by atoms with Gasteiger partial charge in [-0.2, -0.15) is 0 Å². The zero-order valence-electron chi connectivity index (χ0n) is 15.7. The van der Waals surface area contributed by atoms with E-state index in [1.54, 1.807) is 61.6 Å². The highest BCUT2D eigenvalue weighted by atomic mass is 35.5.